The maximum absolute atomic E-state index is 8.63. The molecule has 0 amide bonds. The third-order valence-corrected chi connectivity index (χ3v) is 1.38. The summed E-state index contributed by atoms with van der Waals surface area (Å²) >= 11 is 0. The maximum atomic E-state index is 8.63. The highest BCUT2D eigenvalue weighted by molar-refractivity contribution is 4.51. The Balaban J connectivity index is 3.06. The van der Waals surface area contributed by atoms with Gasteiger partial charge >= 0.3 is 0 Å². The minimum Gasteiger partial charge on any atom is -0.396 e. The van der Waals surface area contributed by atoms with Crippen molar-refractivity contribution in [2.45, 2.75) is 13.3 Å². The fourth-order valence-electron chi connectivity index (χ4n) is 0.570. The van der Waals surface area contributed by atoms with Crippen LogP contribution in [0.3, 0.4) is 0 Å². The Morgan fingerprint density at radius 3 is 2.33 bits per heavy atom. The van der Waals surface area contributed by atoms with Crippen LogP contribution >= 0.6 is 0 Å². The van der Waals surface area contributed by atoms with Crippen molar-refractivity contribution in [1.29, 1.82) is 0 Å². The second kappa shape index (κ2) is 4.77. The first kappa shape index (κ1) is 8.92. The Bertz CT molecular complexity index is 63.9. The summed E-state index contributed by atoms with van der Waals surface area (Å²) in [6.07, 6.45) is 1.09. The number of hydrogen-bond donors (Lipinski definition) is 1. The number of aliphatic hydroxyl groups is 1. The average molecular weight is 131 g/mol. The van der Waals surface area contributed by atoms with Gasteiger partial charge in [0.15, 0.2) is 0 Å². The van der Waals surface area contributed by atoms with E-state index >= 15 is 0 Å². The monoisotopic (exact) mass is 131 g/mol. The van der Waals surface area contributed by atoms with E-state index in [9.17, 15) is 0 Å². The summed E-state index contributed by atoms with van der Waals surface area (Å²) in [6, 6.07) is 0. The summed E-state index contributed by atoms with van der Waals surface area (Å²) in [5.74, 6) is 0.451. The molecule has 1 N–H and O–H groups in total. The van der Waals surface area contributed by atoms with Gasteiger partial charge in [0.1, 0.15) is 0 Å². The zero-order valence-corrected chi connectivity index (χ0v) is 6.59. The summed E-state index contributed by atoms with van der Waals surface area (Å²) in [7, 11) is 4.09. The predicted octanol–water partition coefficient (Wildman–Crippen LogP) is 0.567. The molecule has 1 atom stereocenters. The van der Waals surface area contributed by atoms with Crippen molar-refractivity contribution >= 4 is 0 Å². The molecule has 0 aliphatic heterocycles. The summed E-state index contributed by atoms with van der Waals surface area (Å²) in [6.45, 7) is 3.44. The van der Waals surface area contributed by atoms with Gasteiger partial charge in [-0.3, -0.25) is 0 Å². The third-order valence-electron chi connectivity index (χ3n) is 1.38. The molecule has 0 aromatic heterocycles. The van der Waals surface area contributed by atoms with Gasteiger partial charge in [-0.05, 0) is 33.0 Å². The second-order valence-electron chi connectivity index (χ2n) is 2.88. The van der Waals surface area contributed by atoms with Crippen LogP contribution < -0.4 is 0 Å². The van der Waals surface area contributed by atoms with E-state index in [1.165, 1.54) is 0 Å². The first-order valence-corrected chi connectivity index (χ1v) is 3.42. The lowest BCUT2D eigenvalue weighted by molar-refractivity contribution is 0.218. The molecular formula is C7H17NO. The largest absolute Gasteiger partial charge is 0.396 e. The van der Waals surface area contributed by atoms with Gasteiger partial charge < -0.3 is 10.0 Å². The number of hydrogen-bond acceptors (Lipinski definition) is 2. The molecule has 9 heavy (non-hydrogen) atoms. The van der Waals surface area contributed by atoms with Gasteiger partial charge in [-0.15, -0.1) is 0 Å². The van der Waals surface area contributed by atoms with E-state index in [1.54, 1.807) is 0 Å². The van der Waals surface area contributed by atoms with Crippen LogP contribution in [0.15, 0.2) is 0 Å². The minimum absolute atomic E-state index is 0.313. The molecule has 2 heteroatoms. The van der Waals surface area contributed by atoms with Gasteiger partial charge in [-0.2, -0.15) is 0 Å². The van der Waals surface area contributed by atoms with Gasteiger partial charge in [-0.1, -0.05) is 6.92 Å². The average Bonchev–Trinajstić information content (AvgIpc) is 1.83. The van der Waals surface area contributed by atoms with E-state index in [-0.39, 0.29) is 0 Å². The van der Waals surface area contributed by atoms with Crippen LogP contribution in [0.5, 0.6) is 0 Å². The molecule has 0 aromatic rings. The van der Waals surface area contributed by atoms with E-state index in [1.807, 2.05) is 14.1 Å². The molecule has 0 aliphatic rings. The highest BCUT2D eigenvalue weighted by atomic mass is 16.3. The molecule has 0 spiro atoms. The van der Waals surface area contributed by atoms with Crippen molar-refractivity contribution in [2.24, 2.45) is 5.92 Å². The van der Waals surface area contributed by atoms with E-state index in [0.717, 1.165) is 13.0 Å². The summed E-state index contributed by atoms with van der Waals surface area (Å²) in [5, 5.41) is 8.63. The van der Waals surface area contributed by atoms with Crippen molar-refractivity contribution in [3.05, 3.63) is 0 Å². The fourth-order valence-corrected chi connectivity index (χ4v) is 0.570. The number of aliphatic hydroxyl groups excluding tert-OH is 1. The highest BCUT2D eigenvalue weighted by Gasteiger charge is 1.98. The van der Waals surface area contributed by atoms with Gasteiger partial charge in [0, 0.05) is 6.61 Å². The molecule has 0 saturated heterocycles. The van der Waals surface area contributed by atoms with Gasteiger partial charge in [0.2, 0.25) is 0 Å². The first-order chi connectivity index (χ1) is 4.16. The van der Waals surface area contributed by atoms with Crippen LogP contribution in [-0.2, 0) is 0 Å². The summed E-state index contributed by atoms with van der Waals surface area (Å²) in [5.41, 5.74) is 0. The summed E-state index contributed by atoms with van der Waals surface area (Å²) < 4.78 is 0. The zero-order valence-electron chi connectivity index (χ0n) is 6.59. The standard InChI is InChI=1S/C7H17NO/c1-7(6-9)4-5-8(2)3/h7,9H,4-6H2,1-3H3. The van der Waals surface area contributed by atoms with Crippen LogP contribution in [0, 0.1) is 5.92 Å². The molecule has 0 radical (unpaired) electrons. The maximum Gasteiger partial charge on any atom is 0.0457 e. The van der Waals surface area contributed by atoms with Crippen molar-refractivity contribution in [2.75, 3.05) is 27.2 Å². The van der Waals surface area contributed by atoms with Crippen molar-refractivity contribution < 1.29 is 5.11 Å². The van der Waals surface area contributed by atoms with E-state index < -0.39 is 0 Å². The SMILES string of the molecule is CC(CO)CCN(C)C. The molecule has 0 rings (SSSR count). The van der Waals surface area contributed by atoms with Crippen molar-refractivity contribution in [1.82, 2.24) is 4.90 Å². The van der Waals surface area contributed by atoms with Crippen LogP contribution in [0.2, 0.25) is 0 Å². The zero-order chi connectivity index (χ0) is 7.28. The minimum atomic E-state index is 0.313. The first-order valence-electron chi connectivity index (χ1n) is 3.42. The Hall–Kier alpha value is -0.0800. The van der Waals surface area contributed by atoms with E-state index in [4.69, 9.17) is 5.11 Å². The lowest BCUT2D eigenvalue weighted by Crippen LogP contribution is -2.16. The van der Waals surface area contributed by atoms with Crippen molar-refractivity contribution in [3.8, 4) is 0 Å². The predicted molar refractivity (Wildman–Crippen MR) is 39.4 cm³/mol. The Morgan fingerprint density at radius 1 is 1.44 bits per heavy atom. The summed E-state index contributed by atoms with van der Waals surface area (Å²) in [4.78, 5) is 2.13. The Kier molecular flexibility index (Phi) is 4.72. The molecule has 1 unspecified atom stereocenters. The van der Waals surface area contributed by atoms with Crippen LogP contribution in [0.1, 0.15) is 13.3 Å². The van der Waals surface area contributed by atoms with Crippen LogP contribution in [0.4, 0.5) is 0 Å². The highest BCUT2D eigenvalue weighted by Crippen LogP contribution is 1.99. The molecular weight excluding hydrogens is 114 g/mol. The normalized spacial score (nSPS) is 14.3. The molecule has 0 saturated carbocycles. The molecule has 0 bridgehead atoms. The lowest BCUT2D eigenvalue weighted by atomic mass is 10.1. The molecule has 0 aliphatic carbocycles. The second-order valence-corrected chi connectivity index (χ2v) is 2.88. The molecule has 0 fully saturated rings. The Labute approximate surface area is 57.5 Å². The van der Waals surface area contributed by atoms with Gasteiger partial charge in [0.05, 0.1) is 0 Å². The molecule has 0 aromatic carbocycles. The third kappa shape index (κ3) is 5.80. The van der Waals surface area contributed by atoms with Gasteiger partial charge in [0.25, 0.3) is 0 Å². The molecule has 0 heterocycles. The van der Waals surface area contributed by atoms with E-state index in [2.05, 4.69) is 11.8 Å². The van der Waals surface area contributed by atoms with Crippen molar-refractivity contribution in [3.63, 3.8) is 0 Å². The topological polar surface area (TPSA) is 23.5 Å². The smallest absolute Gasteiger partial charge is 0.0457 e. The van der Waals surface area contributed by atoms with Gasteiger partial charge in [-0.25, -0.2) is 0 Å². The van der Waals surface area contributed by atoms with Crippen LogP contribution in [-0.4, -0.2) is 37.3 Å². The molecule has 56 valence electrons. The van der Waals surface area contributed by atoms with Crippen LogP contribution in [0.25, 0.3) is 0 Å². The molecule has 2 nitrogen and oxygen atoms in total. The lowest BCUT2D eigenvalue weighted by Gasteiger charge is -2.12. The number of nitrogens with zero attached hydrogens (tertiary/aromatic N) is 1. The van der Waals surface area contributed by atoms with E-state index in [0.29, 0.717) is 12.5 Å². The Morgan fingerprint density at radius 2 is 2.00 bits per heavy atom. The quantitative estimate of drug-likeness (QED) is 0.603. The number of rotatable bonds is 4. The fraction of sp³-hybridized carbons (Fsp3) is 1.00.